The van der Waals surface area contributed by atoms with Crippen molar-refractivity contribution in [3.63, 3.8) is 0 Å². The fourth-order valence-electron chi connectivity index (χ4n) is 2.28. The minimum atomic E-state index is 0.727. The average Bonchev–Trinajstić information content (AvgIpc) is 3.07. The predicted molar refractivity (Wildman–Crippen MR) is 90.6 cm³/mol. The summed E-state index contributed by atoms with van der Waals surface area (Å²) in [7, 11) is 0. The van der Waals surface area contributed by atoms with Gasteiger partial charge in [-0.1, -0.05) is 54.9 Å². The van der Waals surface area contributed by atoms with E-state index in [-0.39, 0.29) is 0 Å². The van der Waals surface area contributed by atoms with Gasteiger partial charge in [-0.25, -0.2) is 9.67 Å². The van der Waals surface area contributed by atoms with Crippen LogP contribution in [0.5, 0.6) is 0 Å². The molecule has 0 fully saturated rings. The summed E-state index contributed by atoms with van der Waals surface area (Å²) < 4.78 is 1.71. The highest BCUT2D eigenvalue weighted by atomic mass is 35.5. The molecule has 0 bridgehead atoms. The largest absolute Gasteiger partial charge is 0.228 e. The van der Waals surface area contributed by atoms with E-state index in [1.54, 1.807) is 11.0 Å². The molecule has 1 heterocycles. The van der Waals surface area contributed by atoms with Gasteiger partial charge in [0.05, 0.1) is 0 Å². The predicted octanol–water partition coefficient (Wildman–Crippen LogP) is 4.54. The van der Waals surface area contributed by atoms with Gasteiger partial charge in [-0.2, -0.15) is 5.10 Å². The van der Waals surface area contributed by atoms with Crippen LogP contribution >= 0.6 is 11.6 Å². The number of halogens is 1. The highest BCUT2D eigenvalue weighted by molar-refractivity contribution is 6.30. The molecule has 3 aromatic rings. The summed E-state index contributed by atoms with van der Waals surface area (Å²) in [5.74, 6) is 0. The van der Waals surface area contributed by atoms with Crippen molar-refractivity contribution in [2.24, 2.45) is 0 Å². The molecule has 0 spiro atoms. The van der Waals surface area contributed by atoms with Crippen LogP contribution in [0.4, 0.5) is 0 Å². The van der Waals surface area contributed by atoms with Crippen LogP contribution in [0.1, 0.15) is 23.6 Å². The first kappa shape index (κ1) is 14.5. The number of aryl methyl sites for hydroxylation is 1. The molecule has 0 aliphatic heterocycles. The molecule has 0 saturated heterocycles. The smallest absolute Gasteiger partial charge is 0.138 e. The minimum absolute atomic E-state index is 0.727. The van der Waals surface area contributed by atoms with Gasteiger partial charge < -0.3 is 0 Å². The van der Waals surface area contributed by atoms with Crippen molar-refractivity contribution in [3.05, 3.63) is 82.9 Å². The molecule has 2 aromatic carbocycles. The van der Waals surface area contributed by atoms with Crippen LogP contribution in [0, 0.1) is 0 Å². The fraction of sp³-hybridized carbons (Fsp3) is 0.111. The number of hydrogen-bond donors (Lipinski definition) is 0. The number of hydrogen-bond acceptors (Lipinski definition) is 2. The minimum Gasteiger partial charge on any atom is -0.228 e. The lowest BCUT2D eigenvalue weighted by Crippen LogP contribution is -1.94. The van der Waals surface area contributed by atoms with Crippen molar-refractivity contribution in [1.82, 2.24) is 14.8 Å². The van der Waals surface area contributed by atoms with Crippen LogP contribution in [0.15, 0.2) is 61.2 Å². The van der Waals surface area contributed by atoms with E-state index in [1.165, 1.54) is 11.9 Å². The van der Waals surface area contributed by atoms with E-state index < -0.39 is 0 Å². The Balaban J connectivity index is 2.07. The average molecular weight is 310 g/mol. The van der Waals surface area contributed by atoms with Crippen molar-refractivity contribution >= 4 is 23.4 Å². The number of benzene rings is 2. The number of nitrogens with zero attached hydrogens (tertiary/aromatic N) is 3. The zero-order chi connectivity index (χ0) is 15.4. The topological polar surface area (TPSA) is 30.7 Å². The summed E-state index contributed by atoms with van der Waals surface area (Å²) in [6, 6.07) is 16.4. The molecule has 0 N–H and O–H groups in total. The normalized spacial score (nSPS) is 11.6. The zero-order valence-corrected chi connectivity index (χ0v) is 13.0. The Morgan fingerprint density at radius 3 is 2.23 bits per heavy atom. The van der Waals surface area contributed by atoms with Crippen molar-refractivity contribution in [2.45, 2.75) is 13.3 Å². The molecular formula is C18H16ClN3. The van der Waals surface area contributed by atoms with Gasteiger partial charge in [0.25, 0.3) is 0 Å². The molecule has 0 unspecified atom stereocenters. The van der Waals surface area contributed by atoms with Crippen LogP contribution < -0.4 is 0 Å². The zero-order valence-electron chi connectivity index (χ0n) is 12.3. The quantitative estimate of drug-likeness (QED) is 0.708. The monoisotopic (exact) mass is 309 g/mol. The van der Waals surface area contributed by atoms with Gasteiger partial charge in [0.1, 0.15) is 12.7 Å². The second-order valence-electron chi connectivity index (χ2n) is 4.98. The van der Waals surface area contributed by atoms with Crippen LogP contribution in [0.25, 0.3) is 11.8 Å². The Morgan fingerprint density at radius 1 is 1.05 bits per heavy atom. The van der Waals surface area contributed by atoms with Crippen molar-refractivity contribution < 1.29 is 0 Å². The Kier molecular flexibility index (Phi) is 4.35. The van der Waals surface area contributed by atoms with E-state index in [1.807, 2.05) is 30.5 Å². The molecule has 0 saturated carbocycles. The van der Waals surface area contributed by atoms with E-state index in [9.17, 15) is 0 Å². The lowest BCUT2D eigenvalue weighted by atomic mass is 9.97. The van der Waals surface area contributed by atoms with Crippen LogP contribution in [-0.4, -0.2) is 14.8 Å². The van der Waals surface area contributed by atoms with Crippen LogP contribution in [0.2, 0.25) is 5.02 Å². The van der Waals surface area contributed by atoms with Crippen molar-refractivity contribution in [2.75, 3.05) is 0 Å². The van der Waals surface area contributed by atoms with Gasteiger partial charge in [-0.05, 0) is 35.2 Å². The fourth-order valence-corrected chi connectivity index (χ4v) is 2.41. The molecule has 0 radical (unpaired) electrons. The van der Waals surface area contributed by atoms with Crippen molar-refractivity contribution in [1.29, 1.82) is 0 Å². The molecule has 0 aliphatic carbocycles. The third-order valence-electron chi connectivity index (χ3n) is 3.53. The summed E-state index contributed by atoms with van der Waals surface area (Å²) in [5.41, 5.74) is 4.61. The molecule has 3 nitrogen and oxygen atoms in total. The molecule has 0 aliphatic rings. The van der Waals surface area contributed by atoms with E-state index in [0.29, 0.717) is 0 Å². The highest BCUT2D eigenvalue weighted by Crippen LogP contribution is 2.26. The van der Waals surface area contributed by atoms with Crippen LogP contribution in [0.3, 0.4) is 0 Å². The maximum absolute atomic E-state index is 6.00. The molecular weight excluding hydrogens is 294 g/mol. The van der Waals surface area contributed by atoms with E-state index in [0.717, 1.165) is 28.1 Å². The summed E-state index contributed by atoms with van der Waals surface area (Å²) in [6.07, 6.45) is 6.20. The van der Waals surface area contributed by atoms with E-state index in [2.05, 4.69) is 41.3 Å². The molecule has 1 aromatic heterocycles. The SMILES string of the molecule is CCc1ccc(C(=Cn2cncn2)c2ccc(Cl)cc2)cc1. The molecule has 0 amide bonds. The summed E-state index contributed by atoms with van der Waals surface area (Å²) >= 11 is 6.00. The first-order valence-electron chi connectivity index (χ1n) is 7.17. The van der Waals surface area contributed by atoms with Gasteiger partial charge in [0.15, 0.2) is 0 Å². The Bertz CT molecular complexity index is 757. The molecule has 0 atom stereocenters. The highest BCUT2D eigenvalue weighted by Gasteiger charge is 2.06. The Labute approximate surface area is 134 Å². The lowest BCUT2D eigenvalue weighted by molar-refractivity contribution is 0.935. The van der Waals surface area contributed by atoms with Crippen LogP contribution in [-0.2, 0) is 6.42 Å². The Morgan fingerprint density at radius 2 is 1.68 bits per heavy atom. The standard InChI is InChI=1S/C18H16ClN3/c1-2-14-3-5-15(6-4-14)18(11-22-13-20-12-21-22)16-7-9-17(19)10-8-16/h3-13H,2H2,1H3. The number of aromatic nitrogens is 3. The first-order chi connectivity index (χ1) is 10.8. The van der Waals surface area contributed by atoms with Gasteiger partial charge in [0, 0.05) is 16.8 Å². The van der Waals surface area contributed by atoms with Crippen molar-refractivity contribution in [3.8, 4) is 0 Å². The van der Waals surface area contributed by atoms with E-state index in [4.69, 9.17) is 11.6 Å². The third kappa shape index (κ3) is 3.26. The lowest BCUT2D eigenvalue weighted by Gasteiger charge is -2.09. The maximum atomic E-state index is 6.00. The van der Waals surface area contributed by atoms with Gasteiger partial charge in [-0.15, -0.1) is 0 Å². The summed E-state index contributed by atoms with van der Waals surface area (Å²) in [5, 5.41) is 4.89. The molecule has 3 rings (SSSR count). The molecule has 110 valence electrons. The summed E-state index contributed by atoms with van der Waals surface area (Å²) in [6.45, 7) is 2.15. The van der Waals surface area contributed by atoms with E-state index >= 15 is 0 Å². The molecule has 22 heavy (non-hydrogen) atoms. The second-order valence-corrected chi connectivity index (χ2v) is 5.41. The van der Waals surface area contributed by atoms with Gasteiger partial charge in [-0.3, -0.25) is 0 Å². The maximum Gasteiger partial charge on any atom is 0.138 e. The number of rotatable bonds is 4. The Hall–Kier alpha value is -2.39. The first-order valence-corrected chi connectivity index (χ1v) is 7.55. The van der Waals surface area contributed by atoms with Gasteiger partial charge >= 0.3 is 0 Å². The van der Waals surface area contributed by atoms with Gasteiger partial charge in [0.2, 0.25) is 0 Å². The molecule has 4 heteroatoms. The third-order valence-corrected chi connectivity index (χ3v) is 3.78. The summed E-state index contributed by atoms with van der Waals surface area (Å²) in [4.78, 5) is 3.99. The second kappa shape index (κ2) is 6.58.